The van der Waals surface area contributed by atoms with Gasteiger partial charge in [-0.1, -0.05) is 0 Å². The van der Waals surface area contributed by atoms with Crippen molar-refractivity contribution in [2.45, 2.75) is 44.8 Å². The molecule has 0 radical (unpaired) electrons. The zero-order chi connectivity index (χ0) is 16.1. The molecule has 0 amide bonds. The van der Waals surface area contributed by atoms with Crippen molar-refractivity contribution in [2.24, 2.45) is 4.99 Å². The molecule has 0 aromatic heterocycles. The fraction of sp³-hybridized carbons (Fsp3) is 0.938. The molecule has 1 atom stereocenters. The lowest BCUT2D eigenvalue weighted by molar-refractivity contribution is -0.0496. The summed E-state index contributed by atoms with van der Waals surface area (Å²) in [6, 6.07) is 0. The van der Waals surface area contributed by atoms with Crippen LogP contribution in [0, 0.1) is 0 Å². The van der Waals surface area contributed by atoms with E-state index < -0.39 is 0 Å². The number of guanidine groups is 1. The zero-order valence-corrected chi connectivity index (χ0v) is 14.6. The van der Waals surface area contributed by atoms with Gasteiger partial charge in [0.2, 0.25) is 0 Å². The lowest BCUT2D eigenvalue weighted by atomic mass is 10.0. The van der Waals surface area contributed by atoms with E-state index in [1.165, 1.54) is 0 Å². The molecule has 2 rings (SSSR count). The Balaban J connectivity index is 1.70. The molecule has 0 aromatic rings. The van der Waals surface area contributed by atoms with Crippen molar-refractivity contribution in [3.05, 3.63) is 0 Å². The number of aliphatic imine (C=N–C) groups is 1. The lowest BCUT2D eigenvalue weighted by Gasteiger charge is -2.42. The monoisotopic (exact) mass is 312 g/mol. The molecule has 6 nitrogen and oxygen atoms in total. The van der Waals surface area contributed by atoms with Crippen molar-refractivity contribution < 1.29 is 9.47 Å². The van der Waals surface area contributed by atoms with E-state index in [4.69, 9.17) is 9.47 Å². The second kappa shape index (κ2) is 7.62. The van der Waals surface area contributed by atoms with Crippen LogP contribution in [0.1, 0.15) is 33.6 Å². The van der Waals surface area contributed by atoms with E-state index in [-0.39, 0.29) is 11.1 Å². The minimum atomic E-state index is -0.0518. The van der Waals surface area contributed by atoms with Crippen molar-refractivity contribution >= 4 is 5.96 Å². The minimum absolute atomic E-state index is 0.0518. The second-order valence-electron chi connectivity index (χ2n) is 7.11. The summed E-state index contributed by atoms with van der Waals surface area (Å²) in [7, 11) is 1.81. The first-order valence-corrected chi connectivity index (χ1v) is 8.36. The smallest absolute Gasteiger partial charge is 0.191 e. The molecule has 0 aliphatic carbocycles. The van der Waals surface area contributed by atoms with Crippen LogP contribution in [0.2, 0.25) is 0 Å². The molecular weight excluding hydrogens is 280 g/mol. The van der Waals surface area contributed by atoms with Gasteiger partial charge in [-0.2, -0.15) is 0 Å². The maximum atomic E-state index is 5.79. The van der Waals surface area contributed by atoms with Gasteiger partial charge in [-0.05, 0) is 33.6 Å². The van der Waals surface area contributed by atoms with Gasteiger partial charge in [0.25, 0.3) is 0 Å². The van der Waals surface area contributed by atoms with Gasteiger partial charge >= 0.3 is 0 Å². The Hall–Kier alpha value is -0.850. The first-order valence-electron chi connectivity index (χ1n) is 8.36. The molecule has 0 bridgehead atoms. The topological polar surface area (TPSA) is 58.1 Å². The quantitative estimate of drug-likeness (QED) is 0.582. The van der Waals surface area contributed by atoms with Crippen LogP contribution in [0.4, 0.5) is 0 Å². The van der Waals surface area contributed by atoms with E-state index >= 15 is 0 Å². The Morgan fingerprint density at radius 3 is 2.68 bits per heavy atom. The number of nitrogens with one attached hydrogen (secondary N) is 2. The van der Waals surface area contributed by atoms with E-state index in [0.29, 0.717) is 0 Å². The SMILES string of the molecule is CN=C(NCCN1CCOCC1(C)C)NCC1(C)CCCO1. The molecule has 22 heavy (non-hydrogen) atoms. The fourth-order valence-electron chi connectivity index (χ4n) is 3.08. The predicted molar refractivity (Wildman–Crippen MR) is 89.4 cm³/mol. The van der Waals surface area contributed by atoms with E-state index in [0.717, 1.165) is 64.8 Å². The van der Waals surface area contributed by atoms with E-state index in [1.54, 1.807) is 0 Å². The molecular formula is C16H32N4O2. The number of hydrogen-bond acceptors (Lipinski definition) is 4. The third-order valence-electron chi connectivity index (χ3n) is 4.64. The van der Waals surface area contributed by atoms with Crippen molar-refractivity contribution in [1.29, 1.82) is 0 Å². The van der Waals surface area contributed by atoms with Crippen LogP contribution in [0.5, 0.6) is 0 Å². The molecule has 6 heteroatoms. The van der Waals surface area contributed by atoms with Crippen LogP contribution in [-0.2, 0) is 9.47 Å². The van der Waals surface area contributed by atoms with Crippen LogP contribution in [0.3, 0.4) is 0 Å². The van der Waals surface area contributed by atoms with Crippen LogP contribution in [-0.4, -0.2) is 75.0 Å². The van der Waals surface area contributed by atoms with E-state index in [1.807, 2.05) is 7.05 Å². The third-order valence-corrected chi connectivity index (χ3v) is 4.64. The first-order chi connectivity index (χ1) is 10.5. The van der Waals surface area contributed by atoms with Gasteiger partial charge < -0.3 is 20.1 Å². The molecule has 2 saturated heterocycles. The Labute approximate surface area is 134 Å². The van der Waals surface area contributed by atoms with Crippen LogP contribution >= 0.6 is 0 Å². The van der Waals surface area contributed by atoms with Crippen LogP contribution < -0.4 is 10.6 Å². The maximum Gasteiger partial charge on any atom is 0.191 e. The van der Waals surface area contributed by atoms with Gasteiger partial charge in [0, 0.05) is 45.4 Å². The summed E-state index contributed by atoms with van der Waals surface area (Å²) in [6.45, 7) is 12.8. The molecule has 1 unspecified atom stereocenters. The summed E-state index contributed by atoms with van der Waals surface area (Å²) in [4.78, 5) is 6.77. The largest absolute Gasteiger partial charge is 0.378 e. The van der Waals surface area contributed by atoms with Gasteiger partial charge in [-0.3, -0.25) is 9.89 Å². The Bertz CT molecular complexity index is 378. The third kappa shape index (κ3) is 4.83. The Morgan fingerprint density at radius 1 is 1.23 bits per heavy atom. The van der Waals surface area contributed by atoms with E-state index in [2.05, 4.69) is 41.3 Å². The van der Waals surface area contributed by atoms with Crippen molar-refractivity contribution in [3.63, 3.8) is 0 Å². The first kappa shape index (κ1) is 17.5. The number of nitrogens with zero attached hydrogens (tertiary/aromatic N) is 2. The predicted octanol–water partition coefficient (Wildman–Crippen LogP) is 0.831. The Morgan fingerprint density at radius 2 is 2.05 bits per heavy atom. The molecule has 2 heterocycles. The molecule has 0 spiro atoms. The highest BCUT2D eigenvalue weighted by molar-refractivity contribution is 5.79. The molecule has 128 valence electrons. The minimum Gasteiger partial charge on any atom is -0.378 e. The highest BCUT2D eigenvalue weighted by atomic mass is 16.5. The van der Waals surface area contributed by atoms with Gasteiger partial charge in [0.05, 0.1) is 18.8 Å². The van der Waals surface area contributed by atoms with Gasteiger partial charge in [-0.15, -0.1) is 0 Å². The highest BCUT2D eigenvalue weighted by Gasteiger charge is 2.31. The average molecular weight is 312 g/mol. The molecule has 2 aliphatic rings. The van der Waals surface area contributed by atoms with Gasteiger partial charge in [0.1, 0.15) is 0 Å². The maximum absolute atomic E-state index is 5.79. The second-order valence-corrected chi connectivity index (χ2v) is 7.11. The molecule has 2 aliphatic heterocycles. The number of morpholine rings is 1. The van der Waals surface area contributed by atoms with Crippen LogP contribution in [0.15, 0.2) is 4.99 Å². The highest BCUT2D eigenvalue weighted by Crippen LogP contribution is 2.23. The summed E-state index contributed by atoms with van der Waals surface area (Å²) in [5.74, 6) is 0.850. The van der Waals surface area contributed by atoms with Crippen molar-refractivity contribution in [3.8, 4) is 0 Å². The number of hydrogen-bond donors (Lipinski definition) is 2. The number of ether oxygens (including phenoxy) is 2. The molecule has 2 fully saturated rings. The van der Waals surface area contributed by atoms with Crippen molar-refractivity contribution in [2.75, 3.05) is 53.0 Å². The normalized spacial score (nSPS) is 29.5. The number of rotatable bonds is 5. The summed E-state index contributed by atoms with van der Waals surface area (Å²) >= 11 is 0. The van der Waals surface area contributed by atoms with Crippen LogP contribution in [0.25, 0.3) is 0 Å². The molecule has 0 aromatic carbocycles. The lowest BCUT2D eigenvalue weighted by Crippen LogP contribution is -2.55. The molecule has 0 saturated carbocycles. The summed E-state index contributed by atoms with van der Waals surface area (Å²) in [5, 5.41) is 6.78. The fourth-order valence-corrected chi connectivity index (χ4v) is 3.08. The van der Waals surface area contributed by atoms with Gasteiger partial charge in [-0.25, -0.2) is 0 Å². The Kier molecular flexibility index (Phi) is 6.06. The van der Waals surface area contributed by atoms with Crippen molar-refractivity contribution in [1.82, 2.24) is 15.5 Å². The standard InChI is InChI=1S/C16H32N4O2/c1-15(2)13-21-11-9-20(15)8-7-18-14(17-4)19-12-16(3)6-5-10-22-16/h5-13H2,1-4H3,(H2,17,18,19). The average Bonchev–Trinajstić information content (AvgIpc) is 2.91. The summed E-state index contributed by atoms with van der Waals surface area (Å²) < 4.78 is 11.4. The summed E-state index contributed by atoms with van der Waals surface area (Å²) in [6.07, 6.45) is 2.26. The van der Waals surface area contributed by atoms with E-state index in [9.17, 15) is 0 Å². The van der Waals surface area contributed by atoms with Gasteiger partial charge in [0.15, 0.2) is 5.96 Å². The summed E-state index contributed by atoms with van der Waals surface area (Å²) in [5.41, 5.74) is 0.0614. The molecule has 2 N–H and O–H groups in total. The zero-order valence-electron chi connectivity index (χ0n) is 14.6.